The molecule has 0 spiro atoms. The molecule has 1 aliphatic heterocycles. The van der Waals surface area contributed by atoms with Gasteiger partial charge >= 0.3 is 0 Å². The third-order valence-electron chi connectivity index (χ3n) is 0.393. The van der Waals surface area contributed by atoms with Crippen LogP contribution in [-0.2, 0) is 0 Å². The zero-order valence-electron chi connectivity index (χ0n) is 2.68. The molecule has 0 saturated carbocycles. The van der Waals surface area contributed by atoms with E-state index in [9.17, 15) is 0 Å². The van der Waals surface area contributed by atoms with Gasteiger partial charge in [0.05, 0.1) is 0 Å². The van der Waals surface area contributed by atoms with Crippen LogP contribution in [0.1, 0.15) is 0 Å². The van der Waals surface area contributed by atoms with Gasteiger partial charge in [0.25, 0.3) is 0 Å². The van der Waals surface area contributed by atoms with E-state index >= 15 is 0 Å². The van der Waals surface area contributed by atoms with Crippen molar-refractivity contribution in [1.82, 2.24) is 10.9 Å². The minimum atomic E-state index is 0.653. The summed E-state index contributed by atoms with van der Waals surface area (Å²) in [6.45, 7) is 0.653. The summed E-state index contributed by atoms with van der Waals surface area (Å²) in [6, 6.07) is 0. The Labute approximate surface area is 30.1 Å². The number of hydrogen-bond donors (Lipinski definition) is 1. The summed E-state index contributed by atoms with van der Waals surface area (Å²) >= 11 is 0. The van der Waals surface area contributed by atoms with Crippen molar-refractivity contribution in [1.29, 1.82) is 0 Å². The third-order valence-corrected chi connectivity index (χ3v) is 0.393. The number of rotatable bonds is 0. The second-order valence-electron chi connectivity index (χ2n) is 0.743. The molecule has 0 aliphatic carbocycles. The molecular weight excluding hydrogens is 66.0 g/mol. The summed E-state index contributed by atoms with van der Waals surface area (Å²) in [4.78, 5) is 3.68. The summed E-state index contributed by atoms with van der Waals surface area (Å²) in [5.41, 5.74) is 6.17. The third kappa shape index (κ3) is 0.357. The van der Waals surface area contributed by atoms with Gasteiger partial charge in [0.15, 0.2) is 0 Å². The van der Waals surface area contributed by atoms with E-state index in [0.717, 1.165) is 0 Å². The van der Waals surface area contributed by atoms with Gasteiger partial charge in [-0.25, -0.2) is 0 Å². The molecule has 27 valence electrons. The van der Waals surface area contributed by atoms with Gasteiger partial charge in [-0.15, -0.1) is 0 Å². The van der Waals surface area contributed by atoms with Gasteiger partial charge in [0, 0.05) is 0 Å². The molecule has 0 unspecified atom stereocenters. The van der Waals surface area contributed by atoms with Crippen LogP contribution in [0.15, 0.2) is 4.99 Å². The molecule has 0 aromatic rings. The average Bonchev–Trinajstić information content (AvgIpc) is 1.76. The predicted octanol–water partition coefficient (Wildman–Crippen LogP) is -0.905. The van der Waals surface area contributed by atoms with Crippen molar-refractivity contribution in [2.24, 2.45) is 4.99 Å². The normalized spacial score (nSPS) is 19.2. The van der Waals surface area contributed by atoms with Crippen molar-refractivity contribution in [3.8, 4) is 0 Å². The van der Waals surface area contributed by atoms with E-state index in [-0.39, 0.29) is 0 Å². The molecule has 0 atom stereocenters. The zero-order valence-corrected chi connectivity index (χ0v) is 2.68. The molecule has 3 heteroatoms. The second-order valence-corrected chi connectivity index (χ2v) is 0.743. The van der Waals surface area contributed by atoms with Crippen molar-refractivity contribution in [2.75, 3.05) is 6.67 Å². The molecule has 1 radical (unpaired) electrons. The van der Waals surface area contributed by atoms with E-state index in [1.165, 1.54) is 6.34 Å². The SMILES string of the molecule is C1=NCN[N]1. The highest BCUT2D eigenvalue weighted by molar-refractivity contribution is 5.54. The van der Waals surface area contributed by atoms with Crippen LogP contribution in [0.4, 0.5) is 0 Å². The van der Waals surface area contributed by atoms with Gasteiger partial charge in [-0.1, -0.05) is 0 Å². The Morgan fingerprint density at radius 3 is 3.00 bits per heavy atom. The van der Waals surface area contributed by atoms with E-state index in [1.807, 2.05) is 0 Å². The van der Waals surface area contributed by atoms with E-state index < -0.39 is 0 Å². The largest absolute Gasteiger partial charge is 0.255 e. The fourth-order valence-corrected chi connectivity index (χ4v) is 0.204. The number of nitrogens with zero attached hydrogens (tertiary/aromatic N) is 2. The quantitative estimate of drug-likeness (QED) is 0.394. The maximum Gasteiger partial charge on any atom is 0.126 e. The molecule has 0 amide bonds. The monoisotopic (exact) mass is 70.0 g/mol. The van der Waals surface area contributed by atoms with Gasteiger partial charge in [-0.2, -0.15) is 10.9 Å². The number of nitrogens with one attached hydrogen (secondary N) is 1. The topological polar surface area (TPSA) is 38.5 Å². The van der Waals surface area contributed by atoms with Gasteiger partial charge in [-0.05, 0) is 0 Å². The van der Waals surface area contributed by atoms with E-state index in [2.05, 4.69) is 15.8 Å². The molecule has 1 aliphatic rings. The fraction of sp³-hybridized carbons (Fsp3) is 0.500. The Balaban J connectivity index is 2.32. The van der Waals surface area contributed by atoms with E-state index in [1.54, 1.807) is 0 Å². The van der Waals surface area contributed by atoms with Crippen molar-refractivity contribution < 1.29 is 0 Å². The molecule has 1 N–H and O–H groups in total. The molecule has 0 bridgehead atoms. The zero-order chi connectivity index (χ0) is 3.54. The van der Waals surface area contributed by atoms with Gasteiger partial charge in [0.2, 0.25) is 0 Å². The van der Waals surface area contributed by atoms with Crippen LogP contribution in [-0.4, -0.2) is 13.0 Å². The lowest BCUT2D eigenvalue weighted by atomic mass is 11.2. The first-order valence-electron chi connectivity index (χ1n) is 1.41. The van der Waals surface area contributed by atoms with Gasteiger partial charge < -0.3 is 0 Å². The second kappa shape index (κ2) is 1.03. The molecule has 1 heterocycles. The van der Waals surface area contributed by atoms with Gasteiger partial charge in [0.1, 0.15) is 13.0 Å². The average molecular weight is 70.1 g/mol. The molecule has 0 saturated heterocycles. The van der Waals surface area contributed by atoms with Crippen LogP contribution in [0.2, 0.25) is 0 Å². The molecule has 1 rings (SSSR count). The Hall–Kier alpha value is -0.570. The summed E-state index contributed by atoms with van der Waals surface area (Å²) < 4.78 is 0. The Morgan fingerprint density at radius 2 is 2.80 bits per heavy atom. The first-order chi connectivity index (χ1) is 2.50. The van der Waals surface area contributed by atoms with Crippen LogP contribution in [0.3, 0.4) is 0 Å². The Morgan fingerprint density at radius 1 is 1.80 bits per heavy atom. The molecular formula is C2H4N3. The summed E-state index contributed by atoms with van der Waals surface area (Å²) in [5.74, 6) is 0. The van der Waals surface area contributed by atoms with Crippen LogP contribution in [0.5, 0.6) is 0 Å². The van der Waals surface area contributed by atoms with Crippen LogP contribution in [0.25, 0.3) is 0 Å². The Bertz CT molecular complexity index is 42.9. The highest BCUT2D eigenvalue weighted by Crippen LogP contribution is 1.62. The van der Waals surface area contributed by atoms with Gasteiger partial charge in [-0.3, -0.25) is 4.99 Å². The lowest BCUT2D eigenvalue weighted by molar-refractivity contribution is 0.720. The molecule has 0 aromatic carbocycles. The summed E-state index contributed by atoms with van der Waals surface area (Å²) in [6.07, 6.45) is 1.50. The lowest BCUT2D eigenvalue weighted by Crippen LogP contribution is -2.14. The van der Waals surface area contributed by atoms with Crippen LogP contribution < -0.4 is 10.9 Å². The maximum absolute atomic E-state index is 3.68. The van der Waals surface area contributed by atoms with Crippen molar-refractivity contribution in [2.45, 2.75) is 0 Å². The maximum atomic E-state index is 3.68. The minimum Gasteiger partial charge on any atom is -0.255 e. The fourth-order valence-electron chi connectivity index (χ4n) is 0.204. The summed E-state index contributed by atoms with van der Waals surface area (Å²) in [5, 5.41) is 0. The van der Waals surface area contributed by atoms with E-state index in [4.69, 9.17) is 0 Å². The number of aliphatic imine (C=N–C) groups is 1. The predicted molar refractivity (Wildman–Crippen MR) is 18.6 cm³/mol. The van der Waals surface area contributed by atoms with Crippen LogP contribution in [0, 0.1) is 0 Å². The molecule has 0 fully saturated rings. The first kappa shape index (κ1) is 2.66. The van der Waals surface area contributed by atoms with Crippen molar-refractivity contribution in [3.63, 3.8) is 0 Å². The molecule has 5 heavy (non-hydrogen) atoms. The molecule has 0 aromatic heterocycles. The highest BCUT2D eigenvalue weighted by Gasteiger charge is 1.82. The summed E-state index contributed by atoms with van der Waals surface area (Å²) in [7, 11) is 0. The smallest absolute Gasteiger partial charge is 0.126 e. The van der Waals surface area contributed by atoms with Crippen molar-refractivity contribution in [3.05, 3.63) is 0 Å². The Kier molecular flexibility index (Phi) is 0.548. The van der Waals surface area contributed by atoms with E-state index in [0.29, 0.717) is 6.67 Å². The van der Waals surface area contributed by atoms with Crippen LogP contribution >= 0.6 is 0 Å². The lowest BCUT2D eigenvalue weighted by Gasteiger charge is -1.75. The van der Waals surface area contributed by atoms with Crippen molar-refractivity contribution >= 4 is 6.34 Å². The first-order valence-corrected chi connectivity index (χ1v) is 1.41. The highest BCUT2D eigenvalue weighted by atomic mass is 15.4. The molecule has 3 nitrogen and oxygen atoms in total. The minimum absolute atomic E-state index is 0.653. The standard InChI is InChI=1S/C2H4N3/c1-3-2-5-4-1/h1,5H,2H2. The number of hydrogen-bond acceptors (Lipinski definition) is 2.